The average molecular weight is 447 g/mol. The highest BCUT2D eigenvalue weighted by atomic mass is 19.1. The zero-order chi connectivity index (χ0) is 23.2. The van der Waals surface area contributed by atoms with Crippen molar-refractivity contribution in [3.05, 3.63) is 89.5 Å². The number of carbonyl (C=O) groups is 2. The Balaban J connectivity index is 1.50. The molecule has 2 amide bonds. The Hall–Kier alpha value is -4.11. The maximum absolute atomic E-state index is 13.5. The second-order valence-electron chi connectivity index (χ2n) is 7.47. The van der Waals surface area contributed by atoms with Gasteiger partial charge < -0.3 is 9.80 Å². The molecule has 8 nitrogen and oxygen atoms in total. The van der Waals surface area contributed by atoms with Crippen LogP contribution in [0, 0.1) is 5.82 Å². The lowest BCUT2D eigenvalue weighted by atomic mass is 10.0. The first-order valence-electron chi connectivity index (χ1n) is 10.4. The SMILES string of the molecule is O=C(NO)c1cnc(N2CCN(C(=O)/C(=C/c3ccccc3)c3ccc(F)cc3)CC2)nc1. The number of halogens is 1. The van der Waals surface area contributed by atoms with Gasteiger partial charge in [0.15, 0.2) is 0 Å². The third-order valence-corrected chi connectivity index (χ3v) is 5.35. The van der Waals surface area contributed by atoms with Crippen molar-refractivity contribution < 1.29 is 19.2 Å². The molecule has 0 atom stereocenters. The molecule has 0 saturated carbocycles. The molecule has 0 radical (unpaired) electrons. The van der Waals surface area contributed by atoms with E-state index in [2.05, 4.69) is 9.97 Å². The summed E-state index contributed by atoms with van der Waals surface area (Å²) in [6.45, 7) is 1.93. The zero-order valence-corrected chi connectivity index (χ0v) is 17.7. The van der Waals surface area contributed by atoms with Crippen LogP contribution in [0.5, 0.6) is 0 Å². The van der Waals surface area contributed by atoms with E-state index in [-0.39, 0.29) is 17.3 Å². The Morgan fingerprint density at radius 3 is 2.15 bits per heavy atom. The minimum absolute atomic E-state index is 0.138. The Labute approximate surface area is 190 Å². The number of benzene rings is 2. The van der Waals surface area contributed by atoms with Gasteiger partial charge in [-0.1, -0.05) is 42.5 Å². The van der Waals surface area contributed by atoms with Crippen LogP contribution in [0.1, 0.15) is 21.5 Å². The molecule has 2 heterocycles. The van der Waals surface area contributed by atoms with E-state index in [1.807, 2.05) is 41.3 Å². The number of nitrogens with zero attached hydrogens (tertiary/aromatic N) is 4. The van der Waals surface area contributed by atoms with Gasteiger partial charge in [-0.3, -0.25) is 14.8 Å². The van der Waals surface area contributed by atoms with Crippen LogP contribution in [-0.2, 0) is 4.79 Å². The van der Waals surface area contributed by atoms with Crippen molar-refractivity contribution in [1.29, 1.82) is 0 Å². The van der Waals surface area contributed by atoms with Gasteiger partial charge in [0.25, 0.3) is 11.8 Å². The molecule has 1 saturated heterocycles. The molecule has 9 heteroatoms. The fourth-order valence-corrected chi connectivity index (χ4v) is 3.56. The van der Waals surface area contributed by atoms with Crippen LogP contribution >= 0.6 is 0 Å². The average Bonchev–Trinajstić information content (AvgIpc) is 2.88. The topological polar surface area (TPSA) is 98.7 Å². The zero-order valence-electron chi connectivity index (χ0n) is 17.7. The molecule has 2 N–H and O–H groups in total. The number of hydrogen-bond donors (Lipinski definition) is 2. The fourth-order valence-electron chi connectivity index (χ4n) is 3.56. The maximum atomic E-state index is 13.5. The standard InChI is InChI=1S/C24H22FN5O3/c25-20-8-6-18(7-9-20)21(14-17-4-2-1-3-5-17)23(32)29-10-12-30(13-11-29)24-26-15-19(16-27-24)22(31)28-33/h1-9,14-16,33H,10-13H2,(H,28,31)/b21-14+. The van der Waals surface area contributed by atoms with Gasteiger partial charge in [-0.25, -0.2) is 19.8 Å². The molecule has 1 aliphatic rings. The number of nitrogens with one attached hydrogen (secondary N) is 1. The highest BCUT2D eigenvalue weighted by Crippen LogP contribution is 2.23. The number of carbonyl (C=O) groups excluding carboxylic acids is 2. The molecule has 33 heavy (non-hydrogen) atoms. The molecule has 0 spiro atoms. The van der Waals surface area contributed by atoms with Gasteiger partial charge in [0, 0.05) is 44.1 Å². The maximum Gasteiger partial charge on any atom is 0.277 e. The molecule has 0 bridgehead atoms. The molecule has 168 valence electrons. The van der Waals surface area contributed by atoms with E-state index in [1.54, 1.807) is 22.5 Å². The lowest BCUT2D eigenvalue weighted by Gasteiger charge is -2.35. The van der Waals surface area contributed by atoms with Crippen LogP contribution in [0.25, 0.3) is 11.6 Å². The summed E-state index contributed by atoms with van der Waals surface area (Å²) in [5, 5.41) is 8.70. The van der Waals surface area contributed by atoms with Crippen molar-refractivity contribution in [1.82, 2.24) is 20.3 Å². The Morgan fingerprint density at radius 1 is 0.909 bits per heavy atom. The summed E-state index contributed by atoms with van der Waals surface area (Å²) < 4.78 is 13.5. The minimum atomic E-state index is -0.685. The predicted octanol–water partition coefficient (Wildman–Crippen LogP) is 2.62. The molecule has 1 aliphatic heterocycles. The van der Waals surface area contributed by atoms with Gasteiger partial charge in [-0.2, -0.15) is 0 Å². The summed E-state index contributed by atoms with van der Waals surface area (Å²) in [5.41, 5.74) is 3.70. The Kier molecular flexibility index (Phi) is 6.70. The molecular formula is C24H22FN5O3. The lowest BCUT2D eigenvalue weighted by molar-refractivity contribution is -0.125. The quantitative estimate of drug-likeness (QED) is 0.270. The first kappa shape index (κ1) is 22.1. The third kappa shape index (κ3) is 5.21. The number of rotatable bonds is 5. The number of anilines is 1. The van der Waals surface area contributed by atoms with E-state index in [1.165, 1.54) is 24.5 Å². The number of piperazine rings is 1. The summed E-state index contributed by atoms with van der Waals surface area (Å²) in [5.74, 6) is -0.743. The monoisotopic (exact) mass is 447 g/mol. The minimum Gasteiger partial charge on any atom is -0.337 e. The molecule has 0 aliphatic carbocycles. The number of hydroxylamine groups is 1. The molecular weight excluding hydrogens is 425 g/mol. The number of aromatic nitrogens is 2. The first-order chi connectivity index (χ1) is 16.0. The van der Waals surface area contributed by atoms with Crippen molar-refractivity contribution in [2.45, 2.75) is 0 Å². The van der Waals surface area contributed by atoms with Crippen molar-refractivity contribution in [3.8, 4) is 0 Å². The second-order valence-corrected chi connectivity index (χ2v) is 7.47. The van der Waals surface area contributed by atoms with E-state index in [4.69, 9.17) is 5.21 Å². The van der Waals surface area contributed by atoms with Crippen LogP contribution in [0.15, 0.2) is 67.0 Å². The van der Waals surface area contributed by atoms with Crippen molar-refractivity contribution in [2.24, 2.45) is 0 Å². The van der Waals surface area contributed by atoms with E-state index in [9.17, 15) is 14.0 Å². The fraction of sp³-hybridized carbons (Fsp3) is 0.167. The van der Waals surface area contributed by atoms with Gasteiger partial charge in [0.05, 0.1) is 5.56 Å². The largest absolute Gasteiger partial charge is 0.337 e. The number of hydrogen-bond acceptors (Lipinski definition) is 6. The lowest BCUT2D eigenvalue weighted by Crippen LogP contribution is -2.49. The molecule has 1 fully saturated rings. The van der Waals surface area contributed by atoms with Crippen LogP contribution in [0.3, 0.4) is 0 Å². The summed E-state index contributed by atoms with van der Waals surface area (Å²) in [6.07, 6.45) is 4.48. The van der Waals surface area contributed by atoms with Gasteiger partial charge in [-0.05, 0) is 29.3 Å². The summed E-state index contributed by atoms with van der Waals surface area (Å²) >= 11 is 0. The van der Waals surface area contributed by atoms with Crippen molar-refractivity contribution in [3.63, 3.8) is 0 Å². The van der Waals surface area contributed by atoms with Crippen molar-refractivity contribution >= 4 is 29.4 Å². The van der Waals surface area contributed by atoms with Crippen LogP contribution in [0.2, 0.25) is 0 Å². The molecule has 2 aromatic carbocycles. The van der Waals surface area contributed by atoms with Crippen LogP contribution < -0.4 is 10.4 Å². The van der Waals surface area contributed by atoms with E-state index in [0.717, 1.165) is 5.56 Å². The summed E-state index contributed by atoms with van der Waals surface area (Å²) in [6, 6.07) is 15.4. The van der Waals surface area contributed by atoms with Gasteiger partial charge in [0.2, 0.25) is 5.95 Å². The van der Waals surface area contributed by atoms with Gasteiger partial charge >= 0.3 is 0 Å². The van der Waals surface area contributed by atoms with Gasteiger partial charge in [0.1, 0.15) is 5.82 Å². The summed E-state index contributed by atoms with van der Waals surface area (Å²) in [4.78, 5) is 36.9. The normalized spacial score (nSPS) is 14.2. The highest BCUT2D eigenvalue weighted by molar-refractivity contribution is 6.24. The van der Waals surface area contributed by atoms with Crippen LogP contribution in [0.4, 0.5) is 10.3 Å². The Morgan fingerprint density at radius 2 is 1.55 bits per heavy atom. The van der Waals surface area contributed by atoms with Crippen LogP contribution in [-0.4, -0.2) is 58.1 Å². The summed E-state index contributed by atoms with van der Waals surface area (Å²) in [7, 11) is 0. The molecule has 4 rings (SSSR count). The molecule has 1 aromatic heterocycles. The van der Waals surface area contributed by atoms with E-state index in [0.29, 0.717) is 43.3 Å². The van der Waals surface area contributed by atoms with E-state index < -0.39 is 5.91 Å². The van der Waals surface area contributed by atoms with E-state index >= 15 is 0 Å². The first-order valence-corrected chi connectivity index (χ1v) is 10.4. The smallest absolute Gasteiger partial charge is 0.277 e. The molecule has 0 unspecified atom stereocenters. The van der Waals surface area contributed by atoms with Crippen molar-refractivity contribution in [2.75, 3.05) is 31.1 Å². The second kappa shape index (κ2) is 10.0. The Bertz CT molecular complexity index is 1140. The highest BCUT2D eigenvalue weighted by Gasteiger charge is 2.25. The molecule has 3 aromatic rings. The number of amides is 2. The predicted molar refractivity (Wildman–Crippen MR) is 121 cm³/mol. The van der Waals surface area contributed by atoms with Gasteiger partial charge in [-0.15, -0.1) is 0 Å². The third-order valence-electron chi connectivity index (χ3n) is 5.35.